The zero-order chi connectivity index (χ0) is 25.0. The lowest BCUT2D eigenvalue weighted by Crippen LogP contribution is -2.46. The number of methoxy groups -OCH3 is 1. The van der Waals surface area contributed by atoms with Crippen molar-refractivity contribution in [3.63, 3.8) is 0 Å². The van der Waals surface area contributed by atoms with Gasteiger partial charge in [0.05, 0.1) is 12.0 Å². The zero-order valence-corrected chi connectivity index (χ0v) is 19.6. The molecule has 0 heterocycles. The van der Waals surface area contributed by atoms with Gasteiger partial charge in [0.2, 0.25) is 10.0 Å². The molecule has 0 aliphatic rings. The first-order valence-electron chi connectivity index (χ1n) is 10.3. The normalized spacial score (nSPS) is 11.5. The number of nitrogens with one attached hydrogen (secondary N) is 3. The molecule has 1 atom stereocenters. The third-order valence-electron chi connectivity index (χ3n) is 4.65. The van der Waals surface area contributed by atoms with Crippen LogP contribution in [0.25, 0.3) is 0 Å². The summed E-state index contributed by atoms with van der Waals surface area (Å²) in [5, 5.41) is 11.7. The molecule has 0 saturated heterocycles. The SMILES string of the molecule is CC#CCOc1ccc(S(=O)(=O)NC(CCCNC(=O)c2ccc(OC)cc2)C(=O)NO)cc1. The van der Waals surface area contributed by atoms with Crippen molar-refractivity contribution in [2.75, 3.05) is 20.3 Å². The van der Waals surface area contributed by atoms with Crippen LogP contribution in [-0.4, -0.2) is 51.7 Å². The van der Waals surface area contributed by atoms with Crippen LogP contribution in [0.3, 0.4) is 0 Å². The van der Waals surface area contributed by atoms with Gasteiger partial charge in [0, 0.05) is 12.1 Å². The van der Waals surface area contributed by atoms with Gasteiger partial charge in [-0.2, -0.15) is 4.72 Å². The Hall–Kier alpha value is -3.59. The molecular formula is C23H27N3O7S. The Balaban J connectivity index is 1.93. The van der Waals surface area contributed by atoms with Crippen LogP contribution in [0.2, 0.25) is 0 Å². The van der Waals surface area contributed by atoms with Crippen LogP contribution in [0.4, 0.5) is 0 Å². The number of hydrogen-bond acceptors (Lipinski definition) is 7. The predicted molar refractivity (Wildman–Crippen MR) is 124 cm³/mol. The summed E-state index contributed by atoms with van der Waals surface area (Å²) in [4.78, 5) is 24.1. The Bertz CT molecular complexity index is 1120. The van der Waals surface area contributed by atoms with E-state index in [2.05, 4.69) is 21.9 Å². The van der Waals surface area contributed by atoms with Crippen molar-refractivity contribution < 1.29 is 32.7 Å². The number of hydrogen-bond donors (Lipinski definition) is 4. The van der Waals surface area contributed by atoms with Crippen molar-refractivity contribution in [3.05, 3.63) is 54.1 Å². The van der Waals surface area contributed by atoms with Gasteiger partial charge in [-0.1, -0.05) is 5.92 Å². The van der Waals surface area contributed by atoms with Gasteiger partial charge in [0.25, 0.3) is 11.8 Å². The van der Waals surface area contributed by atoms with Gasteiger partial charge in [-0.15, -0.1) is 5.92 Å². The first-order chi connectivity index (χ1) is 16.3. The highest BCUT2D eigenvalue weighted by Gasteiger charge is 2.25. The molecule has 0 radical (unpaired) electrons. The monoisotopic (exact) mass is 489 g/mol. The van der Waals surface area contributed by atoms with Crippen LogP contribution >= 0.6 is 0 Å². The Kier molecular flexibility index (Phi) is 10.3. The lowest BCUT2D eigenvalue weighted by Gasteiger charge is -2.17. The maximum Gasteiger partial charge on any atom is 0.261 e. The van der Waals surface area contributed by atoms with Gasteiger partial charge in [0.1, 0.15) is 24.1 Å². The smallest absolute Gasteiger partial charge is 0.261 e. The molecule has 10 nitrogen and oxygen atoms in total. The summed E-state index contributed by atoms with van der Waals surface area (Å²) < 4.78 is 38.1. The van der Waals surface area contributed by atoms with Gasteiger partial charge in [-0.3, -0.25) is 14.8 Å². The molecule has 2 amide bonds. The summed E-state index contributed by atoms with van der Waals surface area (Å²) in [5.74, 6) is 5.24. The average molecular weight is 490 g/mol. The molecule has 2 aromatic carbocycles. The molecule has 0 spiro atoms. The molecule has 2 rings (SSSR count). The molecule has 0 aliphatic carbocycles. The number of sulfonamides is 1. The minimum atomic E-state index is -4.06. The topological polar surface area (TPSA) is 143 Å². The quantitative estimate of drug-likeness (QED) is 0.153. The Morgan fingerprint density at radius 3 is 2.29 bits per heavy atom. The zero-order valence-electron chi connectivity index (χ0n) is 18.8. The number of carbonyl (C=O) groups excluding carboxylic acids is 2. The minimum absolute atomic E-state index is 0.0331. The molecule has 0 bridgehead atoms. The van der Waals surface area contributed by atoms with Crippen LogP contribution in [0.1, 0.15) is 30.1 Å². The van der Waals surface area contributed by atoms with Gasteiger partial charge in [0.15, 0.2) is 0 Å². The van der Waals surface area contributed by atoms with E-state index in [1.165, 1.54) is 36.9 Å². The second-order valence-electron chi connectivity index (χ2n) is 6.96. The fourth-order valence-corrected chi connectivity index (χ4v) is 4.07. The standard InChI is InChI=1S/C23H27N3O7S/c1-3-4-16-33-19-11-13-20(14-12-19)34(30,31)26-21(23(28)25-29)6-5-15-24-22(27)17-7-9-18(32-2)10-8-17/h7-14,21,26,29H,5-6,15-16H2,1-2H3,(H,24,27)(H,25,28). The van der Waals surface area contributed by atoms with Crippen molar-refractivity contribution in [2.45, 2.75) is 30.7 Å². The largest absolute Gasteiger partial charge is 0.497 e. The van der Waals surface area contributed by atoms with Crippen molar-refractivity contribution in [1.29, 1.82) is 0 Å². The van der Waals surface area contributed by atoms with Crippen molar-refractivity contribution in [1.82, 2.24) is 15.5 Å². The predicted octanol–water partition coefficient (Wildman–Crippen LogP) is 1.46. The van der Waals surface area contributed by atoms with Crippen molar-refractivity contribution in [2.24, 2.45) is 0 Å². The van der Waals surface area contributed by atoms with Crippen molar-refractivity contribution in [3.8, 4) is 23.3 Å². The lowest BCUT2D eigenvalue weighted by atomic mass is 10.1. The highest BCUT2D eigenvalue weighted by Crippen LogP contribution is 2.17. The van der Waals surface area contributed by atoms with E-state index in [1.807, 2.05) is 0 Å². The third-order valence-corrected chi connectivity index (χ3v) is 6.14. The molecule has 182 valence electrons. The number of amides is 2. The number of benzene rings is 2. The van der Waals surface area contributed by atoms with E-state index < -0.39 is 22.0 Å². The summed E-state index contributed by atoms with van der Waals surface area (Å²) in [6.07, 6.45) is 0.305. The number of carbonyl (C=O) groups is 2. The van der Waals surface area contributed by atoms with E-state index in [-0.39, 0.29) is 36.8 Å². The second-order valence-corrected chi connectivity index (χ2v) is 8.68. The summed E-state index contributed by atoms with van der Waals surface area (Å²) in [6.45, 7) is 2.04. The summed E-state index contributed by atoms with van der Waals surface area (Å²) in [7, 11) is -2.54. The molecule has 4 N–H and O–H groups in total. The maximum atomic E-state index is 12.7. The van der Waals surface area contributed by atoms with Gasteiger partial charge >= 0.3 is 0 Å². The van der Waals surface area contributed by atoms with Crippen LogP contribution in [0.15, 0.2) is 53.4 Å². The summed E-state index contributed by atoms with van der Waals surface area (Å²) >= 11 is 0. The Morgan fingerprint density at radius 2 is 1.71 bits per heavy atom. The van der Waals surface area contributed by atoms with E-state index >= 15 is 0 Å². The summed E-state index contributed by atoms with van der Waals surface area (Å²) in [6, 6.07) is 10.9. The van der Waals surface area contributed by atoms with Crippen LogP contribution in [-0.2, 0) is 14.8 Å². The average Bonchev–Trinajstić information content (AvgIpc) is 2.85. The molecule has 0 aromatic heterocycles. The van der Waals surface area contributed by atoms with Crippen LogP contribution in [0.5, 0.6) is 11.5 Å². The van der Waals surface area contributed by atoms with E-state index in [9.17, 15) is 18.0 Å². The third kappa shape index (κ3) is 8.08. The molecule has 34 heavy (non-hydrogen) atoms. The van der Waals surface area contributed by atoms with Gasteiger partial charge < -0.3 is 14.8 Å². The molecule has 1 unspecified atom stereocenters. The first-order valence-corrected chi connectivity index (χ1v) is 11.8. The molecule has 0 saturated carbocycles. The maximum absolute atomic E-state index is 12.7. The number of rotatable bonds is 12. The molecule has 2 aromatic rings. The fraction of sp³-hybridized carbons (Fsp3) is 0.304. The highest BCUT2D eigenvalue weighted by molar-refractivity contribution is 7.89. The Morgan fingerprint density at radius 1 is 1.06 bits per heavy atom. The van der Waals surface area contributed by atoms with Crippen LogP contribution < -0.4 is 25.0 Å². The Labute approximate surface area is 198 Å². The minimum Gasteiger partial charge on any atom is -0.497 e. The molecule has 0 aliphatic heterocycles. The summed E-state index contributed by atoms with van der Waals surface area (Å²) in [5.41, 5.74) is 1.90. The highest BCUT2D eigenvalue weighted by atomic mass is 32.2. The molecule has 11 heteroatoms. The first kappa shape index (κ1) is 26.7. The second kappa shape index (κ2) is 13.2. The van der Waals surface area contributed by atoms with E-state index in [1.54, 1.807) is 31.2 Å². The fourth-order valence-electron chi connectivity index (χ4n) is 2.84. The van der Waals surface area contributed by atoms with Crippen molar-refractivity contribution >= 4 is 21.8 Å². The lowest BCUT2D eigenvalue weighted by molar-refractivity contribution is -0.131. The number of ether oxygens (including phenoxy) is 2. The molecular weight excluding hydrogens is 462 g/mol. The van der Waals surface area contributed by atoms with E-state index in [4.69, 9.17) is 14.7 Å². The number of hydroxylamine groups is 1. The molecule has 0 fully saturated rings. The van der Waals surface area contributed by atoms with Crippen LogP contribution in [0, 0.1) is 11.8 Å². The van der Waals surface area contributed by atoms with Gasteiger partial charge in [-0.05, 0) is 68.3 Å². The van der Waals surface area contributed by atoms with E-state index in [0.717, 1.165) is 0 Å². The van der Waals surface area contributed by atoms with E-state index in [0.29, 0.717) is 17.1 Å². The van der Waals surface area contributed by atoms with Gasteiger partial charge in [-0.25, -0.2) is 13.9 Å².